The van der Waals surface area contributed by atoms with Crippen molar-refractivity contribution in [2.45, 2.75) is 18.9 Å². The number of anilines is 1. The van der Waals surface area contributed by atoms with Crippen LogP contribution in [-0.2, 0) is 6.42 Å². The SMILES string of the molecule is Fc1ccc(NC2CCc3sc(Cl)cc32)c(Cl)c1. The normalized spacial score (nSPS) is 17.8. The molecule has 3 rings (SSSR count). The molecule has 0 saturated carbocycles. The molecule has 2 aromatic rings. The lowest BCUT2D eigenvalue weighted by molar-refractivity contribution is 0.628. The molecule has 1 aromatic carbocycles. The molecule has 1 aromatic heterocycles. The summed E-state index contributed by atoms with van der Waals surface area (Å²) in [6.45, 7) is 0. The molecule has 1 aliphatic carbocycles. The Morgan fingerprint density at radius 2 is 2.11 bits per heavy atom. The molecular formula is C13H10Cl2FNS. The Bertz CT molecular complexity index is 597. The molecule has 0 aliphatic heterocycles. The van der Waals surface area contributed by atoms with Crippen molar-refractivity contribution in [2.24, 2.45) is 0 Å². The predicted octanol–water partition coefficient (Wildman–Crippen LogP) is 5.29. The van der Waals surface area contributed by atoms with E-state index in [1.165, 1.54) is 22.6 Å². The van der Waals surface area contributed by atoms with Crippen LogP contribution < -0.4 is 5.32 Å². The average Bonchev–Trinajstić information content (AvgIpc) is 2.83. The summed E-state index contributed by atoms with van der Waals surface area (Å²) in [5.74, 6) is -0.323. The molecule has 1 atom stereocenters. The monoisotopic (exact) mass is 301 g/mol. The number of rotatable bonds is 2. The lowest BCUT2D eigenvalue weighted by Crippen LogP contribution is -2.07. The fraction of sp³-hybridized carbons (Fsp3) is 0.231. The van der Waals surface area contributed by atoms with E-state index in [2.05, 4.69) is 5.32 Å². The fourth-order valence-electron chi connectivity index (χ4n) is 2.27. The molecule has 1 aliphatic rings. The Labute approximate surface area is 119 Å². The van der Waals surface area contributed by atoms with Gasteiger partial charge in [-0.1, -0.05) is 23.2 Å². The number of halogens is 3. The quantitative estimate of drug-likeness (QED) is 0.794. The molecule has 0 bridgehead atoms. The number of hydrogen-bond donors (Lipinski definition) is 1. The van der Waals surface area contributed by atoms with E-state index in [4.69, 9.17) is 23.2 Å². The van der Waals surface area contributed by atoms with Crippen molar-refractivity contribution in [3.8, 4) is 0 Å². The highest BCUT2D eigenvalue weighted by molar-refractivity contribution is 7.16. The van der Waals surface area contributed by atoms with Crippen LogP contribution in [0.4, 0.5) is 10.1 Å². The van der Waals surface area contributed by atoms with E-state index in [0.29, 0.717) is 5.02 Å². The van der Waals surface area contributed by atoms with Gasteiger partial charge in [-0.05, 0) is 42.7 Å². The van der Waals surface area contributed by atoms with Gasteiger partial charge in [-0.3, -0.25) is 0 Å². The Kier molecular flexibility index (Phi) is 3.22. The van der Waals surface area contributed by atoms with E-state index in [0.717, 1.165) is 22.9 Å². The summed E-state index contributed by atoms with van der Waals surface area (Å²) in [7, 11) is 0. The zero-order valence-electron chi connectivity index (χ0n) is 9.34. The average molecular weight is 302 g/mol. The van der Waals surface area contributed by atoms with Crippen LogP contribution in [0.15, 0.2) is 24.3 Å². The van der Waals surface area contributed by atoms with Crippen molar-refractivity contribution in [1.82, 2.24) is 0 Å². The van der Waals surface area contributed by atoms with E-state index in [1.54, 1.807) is 17.4 Å². The highest BCUT2D eigenvalue weighted by Crippen LogP contribution is 2.41. The van der Waals surface area contributed by atoms with Gasteiger partial charge in [0, 0.05) is 4.88 Å². The number of aryl methyl sites for hydroxylation is 1. The summed E-state index contributed by atoms with van der Waals surface area (Å²) in [4.78, 5) is 1.33. The van der Waals surface area contributed by atoms with Gasteiger partial charge in [0.25, 0.3) is 0 Å². The molecule has 1 heterocycles. The molecule has 94 valence electrons. The van der Waals surface area contributed by atoms with E-state index < -0.39 is 0 Å². The van der Waals surface area contributed by atoms with Gasteiger partial charge in [-0.2, -0.15) is 0 Å². The summed E-state index contributed by atoms with van der Waals surface area (Å²) in [6.07, 6.45) is 2.05. The maximum absolute atomic E-state index is 13.0. The lowest BCUT2D eigenvalue weighted by Gasteiger charge is -2.15. The zero-order chi connectivity index (χ0) is 12.7. The summed E-state index contributed by atoms with van der Waals surface area (Å²) in [5.41, 5.74) is 2.00. The molecule has 1 N–H and O–H groups in total. The molecule has 5 heteroatoms. The molecule has 0 spiro atoms. The third-order valence-corrected chi connectivity index (χ3v) is 4.76. The molecule has 1 unspecified atom stereocenters. The smallest absolute Gasteiger partial charge is 0.124 e. The van der Waals surface area contributed by atoms with Crippen LogP contribution in [0.1, 0.15) is 22.9 Å². The van der Waals surface area contributed by atoms with Gasteiger partial charge in [0.1, 0.15) is 5.82 Å². The number of benzene rings is 1. The third kappa shape index (κ3) is 2.22. The number of fused-ring (bicyclic) bond motifs is 1. The van der Waals surface area contributed by atoms with Gasteiger partial charge in [0.2, 0.25) is 0 Å². The lowest BCUT2D eigenvalue weighted by atomic mass is 10.1. The number of hydrogen-bond acceptors (Lipinski definition) is 2. The second kappa shape index (κ2) is 4.72. The fourth-order valence-corrected chi connectivity index (χ4v) is 3.85. The van der Waals surface area contributed by atoms with E-state index in [-0.39, 0.29) is 11.9 Å². The van der Waals surface area contributed by atoms with Gasteiger partial charge in [-0.25, -0.2) is 4.39 Å². The molecule has 18 heavy (non-hydrogen) atoms. The maximum atomic E-state index is 13.0. The molecular weight excluding hydrogens is 292 g/mol. The first-order valence-electron chi connectivity index (χ1n) is 5.63. The minimum Gasteiger partial charge on any atom is -0.377 e. The van der Waals surface area contributed by atoms with Gasteiger partial charge < -0.3 is 5.32 Å². The first-order valence-corrected chi connectivity index (χ1v) is 7.20. The second-order valence-corrected chi connectivity index (χ2v) is 6.46. The summed E-state index contributed by atoms with van der Waals surface area (Å²) in [5, 5.41) is 3.76. The number of thiophene rings is 1. The van der Waals surface area contributed by atoms with Crippen molar-refractivity contribution in [3.63, 3.8) is 0 Å². The van der Waals surface area contributed by atoms with Crippen molar-refractivity contribution in [1.29, 1.82) is 0 Å². The van der Waals surface area contributed by atoms with Crippen molar-refractivity contribution >= 4 is 40.2 Å². The van der Waals surface area contributed by atoms with Gasteiger partial charge in [0.05, 0.1) is 21.1 Å². The zero-order valence-corrected chi connectivity index (χ0v) is 11.7. The maximum Gasteiger partial charge on any atom is 0.124 e. The highest BCUT2D eigenvalue weighted by atomic mass is 35.5. The van der Waals surface area contributed by atoms with Crippen molar-refractivity contribution < 1.29 is 4.39 Å². The Hall–Kier alpha value is -0.770. The summed E-state index contributed by atoms with van der Waals surface area (Å²) >= 11 is 13.7. The van der Waals surface area contributed by atoms with Gasteiger partial charge >= 0.3 is 0 Å². The molecule has 0 saturated heterocycles. The van der Waals surface area contributed by atoms with Crippen LogP contribution in [0.25, 0.3) is 0 Å². The van der Waals surface area contributed by atoms with Crippen molar-refractivity contribution in [2.75, 3.05) is 5.32 Å². The Morgan fingerprint density at radius 3 is 2.89 bits per heavy atom. The van der Waals surface area contributed by atoms with E-state index in [9.17, 15) is 4.39 Å². The van der Waals surface area contributed by atoms with Crippen LogP contribution in [0.5, 0.6) is 0 Å². The summed E-state index contributed by atoms with van der Waals surface area (Å²) < 4.78 is 13.8. The number of nitrogens with one attached hydrogen (secondary N) is 1. The molecule has 1 nitrogen and oxygen atoms in total. The van der Waals surface area contributed by atoms with Gasteiger partial charge in [0.15, 0.2) is 0 Å². The first kappa shape index (κ1) is 12.3. The third-order valence-electron chi connectivity index (χ3n) is 3.11. The molecule has 0 fully saturated rings. The molecule has 0 amide bonds. The largest absolute Gasteiger partial charge is 0.377 e. The van der Waals surface area contributed by atoms with Crippen LogP contribution in [0.2, 0.25) is 9.36 Å². The standard InChI is InChI=1S/C13H10Cl2FNS/c14-9-5-7(16)1-2-11(9)17-10-3-4-12-8(10)6-13(15)18-12/h1-2,5-6,10,17H,3-4H2. The highest BCUT2D eigenvalue weighted by Gasteiger charge is 2.25. The topological polar surface area (TPSA) is 12.0 Å². The Morgan fingerprint density at radius 1 is 1.28 bits per heavy atom. The van der Waals surface area contributed by atoms with E-state index in [1.807, 2.05) is 6.07 Å². The van der Waals surface area contributed by atoms with Crippen LogP contribution in [0.3, 0.4) is 0 Å². The van der Waals surface area contributed by atoms with Crippen LogP contribution in [0, 0.1) is 5.82 Å². The second-order valence-electron chi connectivity index (χ2n) is 4.29. The minimum absolute atomic E-state index is 0.215. The first-order chi connectivity index (χ1) is 8.63. The summed E-state index contributed by atoms with van der Waals surface area (Å²) in [6, 6.07) is 6.62. The predicted molar refractivity (Wildman–Crippen MR) is 75.4 cm³/mol. The minimum atomic E-state index is -0.323. The van der Waals surface area contributed by atoms with Crippen LogP contribution >= 0.6 is 34.5 Å². The van der Waals surface area contributed by atoms with Crippen LogP contribution in [-0.4, -0.2) is 0 Å². The van der Waals surface area contributed by atoms with Gasteiger partial charge in [-0.15, -0.1) is 11.3 Å². The van der Waals surface area contributed by atoms with Crippen molar-refractivity contribution in [3.05, 3.63) is 49.9 Å². The molecule has 0 radical (unpaired) electrons. The van der Waals surface area contributed by atoms with E-state index >= 15 is 0 Å². The Balaban J connectivity index is 1.85.